The number of carbonyl (C=O) groups is 1. The molecule has 4 heteroatoms. The first kappa shape index (κ1) is 14.3. The summed E-state index contributed by atoms with van der Waals surface area (Å²) in [6, 6.07) is 14.6. The lowest BCUT2D eigenvalue weighted by atomic mass is 10.2. The van der Waals surface area contributed by atoms with Crippen LogP contribution < -0.4 is 9.47 Å². The van der Waals surface area contributed by atoms with Crippen molar-refractivity contribution in [2.75, 3.05) is 7.11 Å². The second-order valence-corrected chi connectivity index (χ2v) is 4.88. The number of halogens is 1. The van der Waals surface area contributed by atoms with Crippen molar-refractivity contribution in [2.45, 2.75) is 0 Å². The van der Waals surface area contributed by atoms with Gasteiger partial charge in [-0.15, -0.1) is 0 Å². The third-order valence-electron chi connectivity index (χ3n) is 2.54. The van der Waals surface area contributed by atoms with E-state index in [1.54, 1.807) is 24.3 Å². The summed E-state index contributed by atoms with van der Waals surface area (Å²) in [5.41, 5.74) is 0.913. The first-order valence-electron chi connectivity index (χ1n) is 5.97. The maximum Gasteiger partial charge on any atom is 0.336 e. The number of esters is 1. The summed E-state index contributed by atoms with van der Waals surface area (Å²) in [7, 11) is 1.53. The molecule has 0 unspecified atom stereocenters. The number of rotatable bonds is 4. The van der Waals surface area contributed by atoms with E-state index < -0.39 is 5.97 Å². The molecule has 0 aliphatic heterocycles. The minimum absolute atomic E-state index is 0.402. The highest BCUT2D eigenvalue weighted by Gasteiger charge is 2.06. The van der Waals surface area contributed by atoms with E-state index in [0.29, 0.717) is 11.5 Å². The van der Waals surface area contributed by atoms with Crippen LogP contribution in [0.2, 0.25) is 0 Å². The Morgan fingerprint density at radius 2 is 1.85 bits per heavy atom. The van der Waals surface area contributed by atoms with E-state index >= 15 is 0 Å². The Kier molecular flexibility index (Phi) is 4.96. The normalized spacial score (nSPS) is 10.5. The summed E-state index contributed by atoms with van der Waals surface area (Å²) in [4.78, 5) is 11.8. The van der Waals surface area contributed by atoms with Gasteiger partial charge < -0.3 is 9.47 Å². The highest BCUT2D eigenvalue weighted by Crippen LogP contribution is 2.25. The average molecular weight is 333 g/mol. The molecule has 2 aromatic rings. The van der Waals surface area contributed by atoms with Gasteiger partial charge in [0.1, 0.15) is 0 Å². The summed E-state index contributed by atoms with van der Waals surface area (Å²) < 4.78 is 11.3. The van der Waals surface area contributed by atoms with E-state index in [2.05, 4.69) is 15.9 Å². The summed E-state index contributed by atoms with van der Waals surface area (Å²) in [6.07, 6.45) is 3.08. The molecule has 0 aliphatic carbocycles. The smallest absolute Gasteiger partial charge is 0.336 e. The van der Waals surface area contributed by atoms with Gasteiger partial charge in [-0.3, -0.25) is 0 Å². The van der Waals surface area contributed by atoms with Crippen LogP contribution in [0.15, 0.2) is 59.1 Å². The lowest BCUT2D eigenvalue weighted by Crippen LogP contribution is -2.04. The van der Waals surface area contributed by atoms with Crippen LogP contribution in [0.5, 0.6) is 11.5 Å². The van der Waals surface area contributed by atoms with Gasteiger partial charge >= 0.3 is 5.97 Å². The Hall–Kier alpha value is -2.07. The van der Waals surface area contributed by atoms with Gasteiger partial charge in [0.05, 0.1) is 7.11 Å². The van der Waals surface area contributed by atoms with Crippen molar-refractivity contribution in [2.24, 2.45) is 0 Å². The summed E-state index contributed by atoms with van der Waals surface area (Å²) >= 11 is 3.38. The first-order valence-corrected chi connectivity index (χ1v) is 6.77. The Labute approximate surface area is 126 Å². The number of hydrogen-bond donors (Lipinski definition) is 0. The number of ether oxygens (including phenoxy) is 2. The molecule has 0 saturated heterocycles. The zero-order valence-electron chi connectivity index (χ0n) is 10.9. The monoisotopic (exact) mass is 332 g/mol. The van der Waals surface area contributed by atoms with Crippen LogP contribution in [-0.2, 0) is 4.79 Å². The quantitative estimate of drug-likeness (QED) is 0.481. The zero-order chi connectivity index (χ0) is 14.4. The molecule has 0 amide bonds. The summed E-state index contributed by atoms with van der Waals surface area (Å²) in [6.45, 7) is 0. The van der Waals surface area contributed by atoms with Crippen molar-refractivity contribution in [3.05, 3.63) is 64.6 Å². The average Bonchev–Trinajstić information content (AvgIpc) is 2.46. The maximum atomic E-state index is 11.8. The third kappa shape index (κ3) is 3.96. The van der Waals surface area contributed by atoms with Crippen LogP contribution in [0.3, 0.4) is 0 Å². The van der Waals surface area contributed by atoms with Gasteiger partial charge in [0.25, 0.3) is 0 Å². The van der Waals surface area contributed by atoms with Gasteiger partial charge in [0, 0.05) is 10.5 Å². The van der Waals surface area contributed by atoms with Crippen molar-refractivity contribution in [1.82, 2.24) is 0 Å². The Balaban J connectivity index is 2.06. The molecule has 2 aromatic carbocycles. The molecule has 0 fully saturated rings. The molecule has 20 heavy (non-hydrogen) atoms. The topological polar surface area (TPSA) is 35.5 Å². The summed E-state index contributed by atoms with van der Waals surface area (Å²) in [5.74, 6) is 0.477. The van der Waals surface area contributed by atoms with Crippen molar-refractivity contribution >= 4 is 28.0 Å². The van der Waals surface area contributed by atoms with Crippen LogP contribution in [0.1, 0.15) is 5.56 Å². The number of para-hydroxylation sites is 2. The molecule has 0 spiro atoms. The van der Waals surface area contributed by atoms with Crippen molar-refractivity contribution < 1.29 is 14.3 Å². The van der Waals surface area contributed by atoms with Crippen molar-refractivity contribution in [3.63, 3.8) is 0 Å². The van der Waals surface area contributed by atoms with E-state index in [1.165, 1.54) is 13.2 Å². The largest absolute Gasteiger partial charge is 0.493 e. The molecule has 0 N–H and O–H groups in total. The zero-order valence-corrected chi connectivity index (χ0v) is 12.5. The van der Waals surface area contributed by atoms with Crippen LogP contribution in [-0.4, -0.2) is 13.1 Å². The van der Waals surface area contributed by atoms with Crippen molar-refractivity contribution in [3.8, 4) is 11.5 Å². The van der Waals surface area contributed by atoms with Gasteiger partial charge in [-0.2, -0.15) is 0 Å². The summed E-state index contributed by atoms with van der Waals surface area (Å²) in [5, 5.41) is 0. The molecule has 3 nitrogen and oxygen atoms in total. The van der Waals surface area contributed by atoms with Gasteiger partial charge in [-0.25, -0.2) is 4.79 Å². The van der Waals surface area contributed by atoms with E-state index in [1.807, 2.05) is 30.3 Å². The molecule has 0 saturated carbocycles. The Morgan fingerprint density at radius 1 is 1.10 bits per heavy atom. The minimum atomic E-state index is -0.450. The molecule has 2 rings (SSSR count). The molecule has 0 atom stereocenters. The number of hydrogen-bond acceptors (Lipinski definition) is 3. The van der Waals surface area contributed by atoms with E-state index in [4.69, 9.17) is 9.47 Å². The molecule has 0 aliphatic rings. The SMILES string of the molecule is COc1ccccc1OC(=O)/C=C/c1cccc(Br)c1. The Morgan fingerprint density at radius 3 is 2.55 bits per heavy atom. The molecular formula is C16H13BrO3. The second-order valence-electron chi connectivity index (χ2n) is 3.96. The number of methoxy groups -OCH3 is 1. The fraction of sp³-hybridized carbons (Fsp3) is 0.0625. The van der Waals surface area contributed by atoms with Crippen LogP contribution in [0, 0.1) is 0 Å². The fourth-order valence-corrected chi connectivity index (χ4v) is 2.04. The highest BCUT2D eigenvalue weighted by atomic mass is 79.9. The van der Waals surface area contributed by atoms with E-state index in [9.17, 15) is 4.79 Å². The van der Waals surface area contributed by atoms with Gasteiger partial charge in [-0.1, -0.05) is 40.2 Å². The standard InChI is InChI=1S/C16H13BrO3/c1-19-14-7-2-3-8-15(14)20-16(18)10-9-12-5-4-6-13(17)11-12/h2-11H,1H3/b10-9+. The second kappa shape index (κ2) is 6.91. The lowest BCUT2D eigenvalue weighted by Gasteiger charge is -2.06. The van der Waals surface area contributed by atoms with Crippen LogP contribution >= 0.6 is 15.9 Å². The van der Waals surface area contributed by atoms with E-state index in [0.717, 1.165) is 10.0 Å². The van der Waals surface area contributed by atoms with Gasteiger partial charge in [-0.05, 0) is 35.9 Å². The predicted octanol–water partition coefficient (Wildman–Crippen LogP) is 4.08. The fourth-order valence-electron chi connectivity index (χ4n) is 1.62. The molecular weight excluding hydrogens is 320 g/mol. The number of benzene rings is 2. The maximum absolute atomic E-state index is 11.8. The van der Waals surface area contributed by atoms with Crippen LogP contribution in [0.4, 0.5) is 0 Å². The number of carbonyl (C=O) groups excluding carboxylic acids is 1. The predicted molar refractivity (Wildman–Crippen MR) is 81.8 cm³/mol. The third-order valence-corrected chi connectivity index (χ3v) is 3.03. The molecule has 0 heterocycles. The first-order chi connectivity index (χ1) is 9.69. The molecule has 102 valence electrons. The van der Waals surface area contributed by atoms with Crippen molar-refractivity contribution in [1.29, 1.82) is 0 Å². The highest BCUT2D eigenvalue weighted by molar-refractivity contribution is 9.10. The van der Waals surface area contributed by atoms with Crippen LogP contribution in [0.25, 0.3) is 6.08 Å². The molecule has 0 aromatic heterocycles. The van der Waals surface area contributed by atoms with Gasteiger partial charge in [0.15, 0.2) is 11.5 Å². The molecule has 0 radical (unpaired) electrons. The van der Waals surface area contributed by atoms with E-state index in [-0.39, 0.29) is 0 Å². The van der Waals surface area contributed by atoms with Gasteiger partial charge in [0.2, 0.25) is 0 Å². The Bertz CT molecular complexity index is 635. The molecule has 0 bridgehead atoms. The minimum Gasteiger partial charge on any atom is -0.493 e. The lowest BCUT2D eigenvalue weighted by molar-refractivity contribution is -0.129.